The number of aliphatic hydroxyl groups excluding tert-OH is 1. The molecule has 0 aliphatic heterocycles. The molecule has 3 heteroatoms. The number of rotatable bonds is 8. The van der Waals surface area contributed by atoms with Crippen LogP contribution < -0.4 is 5.32 Å². The molecule has 0 saturated heterocycles. The van der Waals surface area contributed by atoms with Crippen LogP contribution in [0.1, 0.15) is 39.5 Å². The Labute approximate surface area is 87.1 Å². The Hall–Kier alpha value is -0.590. The predicted molar refractivity (Wildman–Crippen MR) is 57.8 cm³/mol. The fourth-order valence-electron chi connectivity index (χ4n) is 1.32. The van der Waals surface area contributed by atoms with Crippen molar-refractivity contribution in [1.29, 1.82) is 5.26 Å². The number of nitriles is 1. The molecule has 2 atom stereocenters. The Kier molecular flexibility index (Phi) is 8.61. The normalized spacial score (nSPS) is 14.7. The molecule has 0 aromatic heterocycles. The van der Waals surface area contributed by atoms with Gasteiger partial charge in [0.15, 0.2) is 0 Å². The lowest BCUT2D eigenvalue weighted by Gasteiger charge is -2.14. The fourth-order valence-corrected chi connectivity index (χ4v) is 1.32. The van der Waals surface area contributed by atoms with E-state index < -0.39 is 0 Å². The summed E-state index contributed by atoms with van der Waals surface area (Å²) in [6.45, 7) is 5.36. The average Bonchev–Trinajstić information content (AvgIpc) is 2.22. The van der Waals surface area contributed by atoms with Gasteiger partial charge in [-0.3, -0.25) is 0 Å². The van der Waals surface area contributed by atoms with E-state index in [4.69, 9.17) is 10.4 Å². The quantitative estimate of drug-likeness (QED) is 0.583. The predicted octanol–water partition coefficient (Wildman–Crippen LogP) is 1.68. The van der Waals surface area contributed by atoms with Gasteiger partial charge >= 0.3 is 0 Å². The van der Waals surface area contributed by atoms with Crippen LogP contribution in [0.5, 0.6) is 0 Å². The lowest BCUT2D eigenvalue weighted by molar-refractivity contribution is 0.227. The SMILES string of the molecule is CCC(CC#N)NCCCC(C)CO. The van der Waals surface area contributed by atoms with Crippen LogP contribution in [0.4, 0.5) is 0 Å². The van der Waals surface area contributed by atoms with Crippen molar-refractivity contribution in [2.45, 2.75) is 45.6 Å². The van der Waals surface area contributed by atoms with Gasteiger partial charge in [-0.1, -0.05) is 13.8 Å². The number of hydrogen-bond donors (Lipinski definition) is 2. The molecule has 14 heavy (non-hydrogen) atoms. The minimum Gasteiger partial charge on any atom is -0.396 e. The van der Waals surface area contributed by atoms with Gasteiger partial charge in [0.05, 0.1) is 12.5 Å². The minimum absolute atomic E-state index is 0.273. The first kappa shape index (κ1) is 13.4. The molecular weight excluding hydrogens is 176 g/mol. The summed E-state index contributed by atoms with van der Waals surface area (Å²) in [7, 11) is 0. The maximum atomic E-state index is 8.81. The topological polar surface area (TPSA) is 56.0 Å². The second-order valence-electron chi connectivity index (χ2n) is 3.85. The summed E-state index contributed by atoms with van der Waals surface area (Å²) >= 11 is 0. The first-order chi connectivity index (χ1) is 6.74. The van der Waals surface area contributed by atoms with Crippen molar-refractivity contribution in [2.75, 3.05) is 13.2 Å². The Morgan fingerprint density at radius 3 is 2.71 bits per heavy atom. The molecule has 0 rings (SSSR count). The zero-order chi connectivity index (χ0) is 10.8. The van der Waals surface area contributed by atoms with Crippen molar-refractivity contribution in [3.05, 3.63) is 0 Å². The van der Waals surface area contributed by atoms with Crippen LogP contribution in [-0.4, -0.2) is 24.3 Å². The zero-order valence-electron chi connectivity index (χ0n) is 9.29. The van der Waals surface area contributed by atoms with Gasteiger partial charge in [0.25, 0.3) is 0 Å². The lowest BCUT2D eigenvalue weighted by Crippen LogP contribution is -2.29. The van der Waals surface area contributed by atoms with Gasteiger partial charge in [-0.15, -0.1) is 0 Å². The summed E-state index contributed by atoms with van der Waals surface area (Å²) in [6.07, 6.45) is 3.71. The second kappa shape index (κ2) is 8.98. The monoisotopic (exact) mass is 198 g/mol. The molecule has 0 fully saturated rings. The highest BCUT2D eigenvalue weighted by molar-refractivity contribution is 4.79. The maximum Gasteiger partial charge on any atom is 0.0638 e. The van der Waals surface area contributed by atoms with Crippen LogP contribution >= 0.6 is 0 Å². The van der Waals surface area contributed by atoms with E-state index in [0.29, 0.717) is 18.4 Å². The van der Waals surface area contributed by atoms with Gasteiger partial charge in [-0.25, -0.2) is 0 Å². The molecule has 0 radical (unpaired) electrons. The first-order valence-corrected chi connectivity index (χ1v) is 5.45. The molecule has 0 bridgehead atoms. The fraction of sp³-hybridized carbons (Fsp3) is 0.909. The standard InChI is InChI=1S/C11H22N2O/c1-3-11(6-7-12)13-8-4-5-10(2)9-14/h10-11,13-14H,3-6,8-9H2,1-2H3. The van der Waals surface area contributed by atoms with Crippen LogP contribution in [0, 0.1) is 17.2 Å². The molecule has 3 nitrogen and oxygen atoms in total. The van der Waals surface area contributed by atoms with E-state index in [2.05, 4.69) is 18.3 Å². The third-order valence-electron chi connectivity index (χ3n) is 2.45. The molecule has 0 spiro atoms. The molecule has 0 aliphatic rings. The zero-order valence-corrected chi connectivity index (χ0v) is 9.29. The number of nitrogens with zero attached hydrogens (tertiary/aromatic N) is 1. The Morgan fingerprint density at radius 2 is 2.21 bits per heavy atom. The van der Waals surface area contributed by atoms with E-state index in [1.165, 1.54) is 0 Å². The van der Waals surface area contributed by atoms with Crippen molar-refractivity contribution in [3.63, 3.8) is 0 Å². The van der Waals surface area contributed by atoms with E-state index in [0.717, 1.165) is 25.8 Å². The number of nitrogens with one attached hydrogen (secondary N) is 1. The van der Waals surface area contributed by atoms with E-state index >= 15 is 0 Å². The van der Waals surface area contributed by atoms with E-state index in [9.17, 15) is 0 Å². The Bertz CT molecular complexity index is 165. The minimum atomic E-state index is 0.273. The summed E-state index contributed by atoms with van der Waals surface area (Å²) in [5, 5.41) is 20.7. The summed E-state index contributed by atoms with van der Waals surface area (Å²) < 4.78 is 0. The van der Waals surface area contributed by atoms with Gasteiger partial charge in [0.1, 0.15) is 0 Å². The number of aliphatic hydroxyl groups is 1. The van der Waals surface area contributed by atoms with Gasteiger partial charge in [0.2, 0.25) is 0 Å². The van der Waals surface area contributed by atoms with Crippen LogP contribution in [0.25, 0.3) is 0 Å². The van der Waals surface area contributed by atoms with Crippen LogP contribution in [-0.2, 0) is 0 Å². The van der Waals surface area contributed by atoms with Crippen molar-refractivity contribution >= 4 is 0 Å². The molecule has 0 amide bonds. The Morgan fingerprint density at radius 1 is 1.50 bits per heavy atom. The molecule has 0 aromatic carbocycles. The van der Waals surface area contributed by atoms with Crippen molar-refractivity contribution in [3.8, 4) is 6.07 Å². The van der Waals surface area contributed by atoms with E-state index in [-0.39, 0.29) is 6.61 Å². The highest BCUT2D eigenvalue weighted by atomic mass is 16.3. The molecule has 2 N–H and O–H groups in total. The van der Waals surface area contributed by atoms with Crippen LogP contribution in [0.15, 0.2) is 0 Å². The van der Waals surface area contributed by atoms with Crippen LogP contribution in [0.3, 0.4) is 0 Å². The van der Waals surface area contributed by atoms with Gasteiger partial charge in [-0.05, 0) is 31.7 Å². The summed E-state index contributed by atoms with van der Waals surface area (Å²) in [6, 6.07) is 2.51. The third kappa shape index (κ3) is 6.88. The van der Waals surface area contributed by atoms with Gasteiger partial charge in [-0.2, -0.15) is 5.26 Å². The highest BCUT2D eigenvalue weighted by Gasteiger charge is 2.04. The molecule has 0 heterocycles. The van der Waals surface area contributed by atoms with Crippen molar-refractivity contribution < 1.29 is 5.11 Å². The average molecular weight is 198 g/mol. The second-order valence-corrected chi connectivity index (χ2v) is 3.85. The largest absolute Gasteiger partial charge is 0.396 e. The molecule has 0 saturated carbocycles. The molecule has 0 aliphatic carbocycles. The van der Waals surface area contributed by atoms with Crippen LogP contribution in [0.2, 0.25) is 0 Å². The Balaban J connectivity index is 3.38. The molecule has 2 unspecified atom stereocenters. The van der Waals surface area contributed by atoms with Crippen molar-refractivity contribution in [2.24, 2.45) is 5.92 Å². The number of hydrogen-bond acceptors (Lipinski definition) is 3. The summed E-state index contributed by atoms with van der Waals surface area (Å²) in [4.78, 5) is 0. The third-order valence-corrected chi connectivity index (χ3v) is 2.45. The molecular formula is C11H22N2O. The first-order valence-electron chi connectivity index (χ1n) is 5.45. The molecule has 0 aromatic rings. The van der Waals surface area contributed by atoms with E-state index in [1.54, 1.807) is 0 Å². The highest BCUT2D eigenvalue weighted by Crippen LogP contribution is 2.03. The maximum absolute atomic E-state index is 8.81. The van der Waals surface area contributed by atoms with Gasteiger partial charge in [0, 0.05) is 12.6 Å². The summed E-state index contributed by atoms with van der Waals surface area (Å²) in [5.74, 6) is 0.396. The lowest BCUT2D eigenvalue weighted by atomic mass is 10.1. The summed E-state index contributed by atoms with van der Waals surface area (Å²) in [5.41, 5.74) is 0. The molecule has 82 valence electrons. The van der Waals surface area contributed by atoms with E-state index in [1.807, 2.05) is 6.92 Å². The van der Waals surface area contributed by atoms with Crippen molar-refractivity contribution in [1.82, 2.24) is 5.32 Å². The smallest absolute Gasteiger partial charge is 0.0638 e. The van der Waals surface area contributed by atoms with Gasteiger partial charge < -0.3 is 10.4 Å².